The highest BCUT2D eigenvalue weighted by molar-refractivity contribution is 7.99. The summed E-state index contributed by atoms with van der Waals surface area (Å²) >= 11 is 7.27. The summed E-state index contributed by atoms with van der Waals surface area (Å²) in [7, 11) is 0. The first-order chi connectivity index (χ1) is 6.70. The van der Waals surface area contributed by atoms with E-state index >= 15 is 0 Å². The van der Waals surface area contributed by atoms with E-state index in [0.717, 1.165) is 10.6 Å². The molecule has 1 N–H and O–H groups in total. The topological polar surface area (TPSA) is 33.6 Å². The van der Waals surface area contributed by atoms with Gasteiger partial charge in [0.25, 0.3) is 0 Å². The lowest BCUT2D eigenvalue weighted by atomic mass is 10.2. The van der Waals surface area contributed by atoms with Crippen LogP contribution in [-0.4, -0.2) is 26.3 Å². The fraction of sp³-hybridized carbons (Fsp3) is 0.778. The van der Waals surface area contributed by atoms with Crippen LogP contribution < -0.4 is 0 Å². The average Bonchev–Trinajstić information content (AvgIpc) is 2.71. The minimum Gasteiger partial charge on any atom is -0.300 e. The summed E-state index contributed by atoms with van der Waals surface area (Å²) in [6.45, 7) is 4.31. The molecule has 1 aliphatic heterocycles. The van der Waals surface area contributed by atoms with Crippen LogP contribution in [0.2, 0.25) is 0 Å². The maximum Gasteiger partial charge on any atom is 0.195 e. The van der Waals surface area contributed by atoms with Crippen molar-refractivity contribution in [3.63, 3.8) is 0 Å². The molecule has 1 atom stereocenters. The predicted octanol–water partition coefficient (Wildman–Crippen LogP) is 2.74. The maximum atomic E-state index is 5.26. The van der Waals surface area contributed by atoms with Gasteiger partial charge in [-0.25, -0.2) is 0 Å². The molecule has 14 heavy (non-hydrogen) atoms. The van der Waals surface area contributed by atoms with Crippen molar-refractivity contribution in [2.24, 2.45) is 0 Å². The van der Waals surface area contributed by atoms with Crippen molar-refractivity contribution in [3.05, 3.63) is 10.6 Å². The summed E-state index contributed by atoms with van der Waals surface area (Å²) in [6.07, 6.45) is 1.22. The molecule has 3 nitrogen and oxygen atoms in total. The molecule has 1 unspecified atom stereocenters. The summed E-state index contributed by atoms with van der Waals surface area (Å²) in [5, 5.41) is 7.20. The summed E-state index contributed by atoms with van der Waals surface area (Å²) < 4.78 is 2.99. The molecule has 0 spiro atoms. The van der Waals surface area contributed by atoms with E-state index in [2.05, 4.69) is 28.6 Å². The van der Waals surface area contributed by atoms with E-state index in [9.17, 15) is 0 Å². The molecule has 2 rings (SSSR count). The highest BCUT2D eigenvalue weighted by Gasteiger charge is 2.22. The normalized spacial score (nSPS) is 22.1. The zero-order valence-electron chi connectivity index (χ0n) is 8.49. The number of nitrogens with zero attached hydrogens (tertiary/aromatic N) is 2. The largest absolute Gasteiger partial charge is 0.300 e. The summed E-state index contributed by atoms with van der Waals surface area (Å²) in [4.78, 5) is 0. The van der Waals surface area contributed by atoms with Crippen LogP contribution in [-0.2, 0) is 0 Å². The first-order valence-electron chi connectivity index (χ1n) is 4.94. The van der Waals surface area contributed by atoms with E-state index in [1.807, 2.05) is 11.8 Å². The molecule has 1 fully saturated rings. The zero-order valence-corrected chi connectivity index (χ0v) is 10.1. The number of H-pyrrole nitrogens is 1. The Balaban J connectivity index is 2.38. The Morgan fingerprint density at radius 2 is 2.43 bits per heavy atom. The van der Waals surface area contributed by atoms with Gasteiger partial charge < -0.3 is 0 Å². The number of aromatic nitrogens is 3. The lowest BCUT2D eigenvalue weighted by molar-refractivity contribution is 0.515. The standard InChI is InChI=1S/C9H15N3S2/c1-6(2)8-10-11-9(13)12(8)7-3-4-14-5-7/h6-7H,3-5H2,1-2H3,(H,11,13). The first-order valence-corrected chi connectivity index (χ1v) is 6.51. The van der Waals surface area contributed by atoms with Crippen molar-refractivity contribution in [2.75, 3.05) is 11.5 Å². The van der Waals surface area contributed by atoms with Crippen LogP contribution in [0, 0.1) is 4.77 Å². The fourth-order valence-corrected chi connectivity index (χ4v) is 3.28. The third kappa shape index (κ3) is 1.75. The van der Waals surface area contributed by atoms with Crippen LogP contribution in [0.1, 0.15) is 38.1 Å². The van der Waals surface area contributed by atoms with Gasteiger partial charge in [-0.1, -0.05) is 13.8 Å². The Morgan fingerprint density at radius 3 is 3.00 bits per heavy atom. The number of hydrogen-bond acceptors (Lipinski definition) is 3. The number of rotatable bonds is 2. The minimum atomic E-state index is 0.438. The minimum absolute atomic E-state index is 0.438. The molecule has 0 saturated carbocycles. The van der Waals surface area contributed by atoms with Gasteiger partial charge >= 0.3 is 0 Å². The highest BCUT2D eigenvalue weighted by atomic mass is 32.2. The van der Waals surface area contributed by atoms with Crippen molar-refractivity contribution in [2.45, 2.75) is 32.2 Å². The third-order valence-corrected chi connectivity index (χ3v) is 3.95. The number of aromatic amines is 1. The van der Waals surface area contributed by atoms with Crippen molar-refractivity contribution in [3.8, 4) is 0 Å². The molecule has 5 heteroatoms. The zero-order chi connectivity index (χ0) is 10.1. The van der Waals surface area contributed by atoms with E-state index in [4.69, 9.17) is 12.2 Å². The van der Waals surface area contributed by atoms with Crippen LogP contribution in [0.5, 0.6) is 0 Å². The summed E-state index contributed by atoms with van der Waals surface area (Å²) in [5.41, 5.74) is 0. The second-order valence-corrected chi connectivity index (χ2v) is 5.47. The molecule has 1 saturated heterocycles. The predicted molar refractivity (Wildman–Crippen MR) is 62.5 cm³/mol. The van der Waals surface area contributed by atoms with E-state index in [0.29, 0.717) is 12.0 Å². The van der Waals surface area contributed by atoms with Gasteiger partial charge in [-0.15, -0.1) is 0 Å². The van der Waals surface area contributed by atoms with Crippen LogP contribution in [0.3, 0.4) is 0 Å². The van der Waals surface area contributed by atoms with Crippen molar-refractivity contribution >= 4 is 24.0 Å². The molecule has 1 aromatic rings. The first kappa shape index (κ1) is 10.2. The van der Waals surface area contributed by atoms with E-state index in [-0.39, 0.29) is 0 Å². The summed E-state index contributed by atoms with van der Waals surface area (Å²) in [6, 6.07) is 0.559. The van der Waals surface area contributed by atoms with Gasteiger partial charge in [0.15, 0.2) is 4.77 Å². The lowest BCUT2D eigenvalue weighted by Crippen LogP contribution is -2.12. The van der Waals surface area contributed by atoms with E-state index in [1.165, 1.54) is 17.9 Å². The van der Waals surface area contributed by atoms with Crippen molar-refractivity contribution in [1.29, 1.82) is 0 Å². The molecule has 78 valence electrons. The molecule has 0 aliphatic carbocycles. The van der Waals surface area contributed by atoms with Gasteiger partial charge in [0.2, 0.25) is 0 Å². The Morgan fingerprint density at radius 1 is 1.64 bits per heavy atom. The SMILES string of the molecule is CC(C)c1n[nH]c(=S)n1C1CCSC1. The summed E-state index contributed by atoms with van der Waals surface area (Å²) in [5.74, 6) is 3.96. The van der Waals surface area contributed by atoms with E-state index in [1.54, 1.807) is 0 Å². The second-order valence-electron chi connectivity index (χ2n) is 3.93. The molecule has 0 bridgehead atoms. The smallest absolute Gasteiger partial charge is 0.195 e. The Kier molecular flexibility index (Phi) is 2.97. The molecular formula is C9H15N3S2. The van der Waals surface area contributed by atoms with E-state index < -0.39 is 0 Å². The van der Waals surface area contributed by atoms with Gasteiger partial charge in [0.05, 0.1) is 0 Å². The molecule has 2 heterocycles. The van der Waals surface area contributed by atoms with Crippen LogP contribution in [0.15, 0.2) is 0 Å². The Labute approximate surface area is 93.3 Å². The monoisotopic (exact) mass is 229 g/mol. The Bertz CT molecular complexity index is 360. The lowest BCUT2D eigenvalue weighted by Gasteiger charge is -2.14. The molecule has 0 radical (unpaired) electrons. The van der Waals surface area contributed by atoms with Gasteiger partial charge in [0.1, 0.15) is 5.82 Å². The fourth-order valence-electron chi connectivity index (χ4n) is 1.80. The molecule has 1 aromatic heterocycles. The number of thioether (sulfide) groups is 1. The number of nitrogens with one attached hydrogen (secondary N) is 1. The Hall–Kier alpha value is -0.290. The quantitative estimate of drug-likeness (QED) is 0.792. The van der Waals surface area contributed by atoms with Gasteiger partial charge in [0, 0.05) is 17.7 Å². The molecule has 0 aromatic carbocycles. The van der Waals surface area contributed by atoms with Gasteiger partial charge in [-0.05, 0) is 24.4 Å². The molecule has 1 aliphatic rings. The third-order valence-electron chi connectivity index (χ3n) is 2.52. The van der Waals surface area contributed by atoms with Crippen LogP contribution >= 0.6 is 24.0 Å². The van der Waals surface area contributed by atoms with Crippen molar-refractivity contribution in [1.82, 2.24) is 14.8 Å². The van der Waals surface area contributed by atoms with Crippen LogP contribution in [0.4, 0.5) is 0 Å². The van der Waals surface area contributed by atoms with Gasteiger partial charge in [-0.2, -0.15) is 16.9 Å². The van der Waals surface area contributed by atoms with Crippen LogP contribution in [0.25, 0.3) is 0 Å². The highest BCUT2D eigenvalue weighted by Crippen LogP contribution is 2.30. The van der Waals surface area contributed by atoms with Crippen molar-refractivity contribution < 1.29 is 0 Å². The maximum absolute atomic E-state index is 5.26. The van der Waals surface area contributed by atoms with Gasteiger partial charge in [-0.3, -0.25) is 9.67 Å². The average molecular weight is 229 g/mol. The number of hydrogen-bond donors (Lipinski definition) is 1. The molecular weight excluding hydrogens is 214 g/mol. The second kappa shape index (κ2) is 4.06. The molecule has 0 amide bonds.